The van der Waals surface area contributed by atoms with Crippen molar-refractivity contribution in [1.29, 1.82) is 0 Å². The predicted molar refractivity (Wildman–Crippen MR) is 138 cm³/mol. The van der Waals surface area contributed by atoms with Gasteiger partial charge in [-0.1, -0.05) is 84.5 Å². The highest BCUT2D eigenvalue weighted by atomic mass is 32.2. The van der Waals surface area contributed by atoms with E-state index in [-0.39, 0.29) is 4.90 Å². The highest BCUT2D eigenvalue weighted by molar-refractivity contribution is 7.90. The number of aromatic amines is 1. The van der Waals surface area contributed by atoms with Crippen molar-refractivity contribution in [1.82, 2.24) is 30.4 Å². The number of aryl methyl sites for hydroxylation is 2. The van der Waals surface area contributed by atoms with E-state index in [0.29, 0.717) is 23.6 Å². The summed E-state index contributed by atoms with van der Waals surface area (Å²) in [6, 6.07) is 22.6. The summed E-state index contributed by atoms with van der Waals surface area (Å²) < 4.78 is 31.6. The van der Waals surface area contributed by atoms with Crippen LogP contribution in [0.5, 0.6) is 0 Å². The van der Waals surface area contributed by atoms with Gasteiger partial charge in [0.15, 0.2) is 0 Å². The molecule has 0 bridgehead atoms. The molecule has 2 heterocycles. The van der Waals surface area contributed by atoms with Crippen molar-refractivity contribution in [2.75, 3.05) is 0 Å². The van der Waals surface area contributed by atoms with E-state index in [1.165, 1.54) is 11.3 Å². The Morgan fingerprint density at radius 1 is 0.972 bits per heavy atom. The maximum atomic E-state index is 12.9. The molecule has 2 aromatic heterocycles. The molecule has 0 saturated carbocycles. The van der Waals surface area contributed by atoms with Gasteiger partial charge in [0.25, 0.3) is 10.0 Å². The number of hydrogen-bond donors (Lipinski definition) is 1. The Morgan fingerprint density at radius 3 is 2.36 bits per heavy atom. The molecule has 0 aliphatic rings. The third-order valence-corrected chi connectivity index (χ3v) is 8.08. The van der Waals surface area contributed by atoms with Crippen LogP contribution in [0.25, 0.3) is 22.5 Å². The topological polar surface area (TPSA) is 119 Å². The first-order chi connectivity index (χ1) is 17.4. The monoisotopic (exact) mass is 517 g/mol. The second-order valence-corrected chi connectivity index (χ2v) is 10.8. The molecule has 0 radical (unpaired) electrons. The van der Waals surface area contributed by atoms with Crippen LogP contribution in [0, 0.1) is 6.92 Å². The Balaban J connectivity index is 1.46. The molecule has 11 heteroatoms. The van der Waals surface area contributed by atoms with Gasteiger partial charge in [-0.15, -0.1) is 14.6 Å². The molecule has 5 rings (SSSR count). The summed E-state index contributed by atoms with van der Waals surface area (Å²) >= 11 is 1.29. The van der Waals surface area contributed by atoms with Crippen molar-refractivity contribution < 1.29 is 8.42 Å². The quantitative estimate of drug-likeness (QED) is 0.349. The van der Waals surface area contributed by atoms with E-state index in [1.807, 2.05) is 62.4 Å². The standard InChI is InChI=1S/C25H23N7O2S2/c1-3-23-28-32(25(35-23)29-36(33,34)20-14-8-17(2)9-15-20)16-18-10-12-19(13-11-18)21-6-4-5-7-22(21)24-26-30-31-27-24/h4-15H,3,16H2,1-2H3,(H,26,27,30,31). The van der Waals surface area contributed by atoms with Gasteiger partial charge in [-0.3, -0.25) is 0 Å². The fraction of sp³-hybridized carbons (Fsp3) is 0.160. The molecule has 5 aromatic rings. The zero-order valence-electron chi connectivity index (χ0n) is 19.7. The van der Waals surface area contributed by atoms with Gasteiger partial charge >= 0.3 is 0 Å². The first-order valence-electron chi connectivity index (χ1n) is 11.3. The summed E-state index contributed by atoms with van der Waals surface area (Å²) in [5.74, 6) is 0.529. The highest BCUT2D eigenvalue weighted by Gasteiger charge is 2.15. The number of rotatable bonds is 7. The molecule has 1 N–H and O–H groups in total. The first kappa shape index (κ1) is 23.8. The first-order valence-corrected chi connectivity index (χ1v) is 13.6. The van der Waals surface area contributed by atoms with Crippen LogP contribution >= 0.6 is 11.3 Å². The molecule has 0 fully saturated rings. The average Bonchev–Trinajstić information content (AvgIpc) is 3.55. The van der Waals surface area contributed by atoms with Crippen LogP contribution in [0.1, 0.15) is 23.1 Å². The zero-order chi connectivity index (χ0) is 25.1. The van der Waals surface area contributed by atoms with Gasteiger partial charge in [0.2, 0.25) is 10.6 Å². The number of hydrogen-bond acceptors (Lipinski definition) is 7. The van der Waals surface area contributed by atoms with E-state index in [9.17, 15) is 8.42 Å². The van der Waals surface area contributed by atoms with E-state index in [4.69, 9.17) is 0 Å². The van der Waals surface area contributed by atoms with Crippen molar-refractivity contribution in [3.8, 4) is 22.5 Å². The summed E-state index contributed by atoms with van der Waals surface area (Å²) in [5.41, 5.74) is 4.82. The Labute approximate surface area is 212 Å². The van der Waals surface area contributed by atoms with Gasteiger partial charge in [-0.2, -0.15) is 18.7 Å². The minimum absolute atomic E-state index is 0.163. The smallest absolute Gasteiger partial charge is 0.233 e. The molecule has 3 aromatic carbocycles. The highest BCUT2D eigenvalue weighted by Crippen LogP contribution is 2.29. The molecule has 0 saturated heterocycles. The van der Waals surface area contributed by atoms with Crippen LogP contribution in [0.2, 0.25) is 0 Å². The van der Waals surface area contributed by atoms with Crippen LogP contribution in [0.4, 0.5) is 0 Å². The summed E-state index contributed by atoms with van der Waals surface area (Å²) in [4.78, 5) is 0.509. The Bertz CT molecular complexity index is 1650. The molecule has 0 unspecified atom stereocenters. The van der Waals surface area contributed by atoms with Gasteiger partial charge in [0.1, 0.15) is 5.01 Å². The summed E-state index contributed by atoms with van der Waals surface area (Å²) in [7, 11) is -3.85. The lowest BCUT2D eigenvalue weighted by Crippen LogP contribution is -2.19. The van der Waals surface area contributed by atoms with Crippen molar-refractivity contribution in [2.45, 2.75) is 31.7 Å². The number of nitrogens with one attached hydrogen (secondary N) is 1. The summed E-state index contributed by atoms with van der Waals surface area (Å²) in [6.45, 7) is 4.29. The summed E-state index contributed by atoms with van der Waals surface area (Å²) in [6.07, 6.45) is 0.691. The lowest BCUT2D eigenvalue weighted by molar-refractivity contribution is 0.592. The average molecular weight is 518 g/mol. The number of sulfonamides is 1. The van der Waals surface area contributed by atoms with Crippen molar-refractivity contribution in [3.63, 3.8) is 0 Å². The minimum Gasteiger partial charge on any atom is -0.233 e. The van der Waals surface area contributed by atoms with Gasteiger partial charge in [0, 0.05) is 5.56 Å². The van der Waals surface area contributed by atoms with E-state index in [0.717, 1.165) is 32.8 Å². The van der Waals surface area contributed by atoms with Gasteiger partial charge in [-0.05, 0) is 47.4 Å². The van der Waals surface area contributed by atoms with E-state index in [1.54, 1.807) is 28.9 Å². The van der Waals surface area contributed by atoms with Crippen LogP contribution in [-0.4, -0.2) is 38.8 Å². The lowest BCUT2D eigenvalue weighted by Gasteiger charge is -2.08. The molecule has 182 valence electrons. The zero-order valence-corrected chi connectivity index (χ0v) is 21.3. The number of benzene rings is 3. The fourth-order valence-electron chi connectivity index (χ4n) is 3.70. The molecule has 0 amide bonds. The maximum Gasteiger partial charge on any atom is 0.285 e. The van der Waals surface area contributed by atoms with Gasteiger partial charge in [0.05, 0.1) is 11.4 Å². The Kier molecular flexibility index (Phi) is 6.57. The van der Waals surface area contributed by atoms with Crippen LogP contribution in [0.15, 0.2) is 82.1 Å². The molecule has 0 aliphatic heterocycles. The second kappa shape index (κ2) is 9.96. The molecular formula is C25H23N7O2S2. The second-order valence-electron chi connectivity index (χ2n) is 8.15. The van der Waals surface area contributed by atoms with Crippen molar-refractivity contribution in [3.05, 3.63) is 93.7 Å². The maximum absolute atomic E-state index is 12.9. The third kappa shape index (κ3) is 5.02. The Morgan fingerprint density at radius 2 is 1.69 bits per heavy atom. The minimum atomic E-state index is -3.85. The third-order valence-electron chi connectivity index (χ3n) is 5.59. The molecule has 0 atom stereocenters. The van der Waals surface area contributed by atoms with Crippen LogP contribution in [0.3, 0.4) is 0 Å². The van der Waals surface area contributed by atoms with E-state index in [2.05, 4.69) is 30.1 Å². The Hall–Kier alpha value is -3.96. The number of nitrogens with zero attached hydrogens (tertiary/aromatic N) is 6. The molecule has 36 heavy (non-hydrogen) atoms. The molecule has 0 aliphatic carbocycles. The molecule has 9 nitrogen and oxygen atoms in total. The number of aromatic nitrogens is 6. The number of tetrazole rings is 1. The largest absolute Gasteiger partial charge is 0.285 e. The van der Waals surface area contributed by atoms with Gasteiger partial charge in [-0.25, -0.2) is 4.68 Å². The van der Waals surface area contributed by atoms with Crippen molar-refractivity contribution >= 4 is 21.4 Å². The lowest BCUT2D eigenvalue weighted by atomic mass is 9.98. The normalized spacial score (nSPS) is 12.2. The van der Waals surface area contributed by atoms with Crippen LogP contribution in [-0.2, 0) is 23.0 Å². The van der Waals surface area contributed by atoms with E-state index < -0.39 is 10.0 Å². The molecular weight excluding hydrogens is 494 g/mol. The van der Waals surface area contributed by atoms with Crippen molar-refractivity contribution in [2.24, 2.45) is 4.40 Å². The SMILES string of the molecule is CCc1nn(Cc2ccc(-c3ccccc3-c3nn[nH]n3)cc2)c(=NS(=O)(=O)c2ccc(C)cc2)s1. The number of H-pyrrole nitrogens is 1. The van der Waals surface area contributed by atoms with Gasteiger partial charge < -0.3 is 0 Å². The van der Waals surface area contributed by atoms with E-state index >= 15 is 0 Å². The van der Waals surface area contributed by atoms with Crippen LogP contribution < -0.4 is 4.80 Å². The fourth-order valence-corrected chi connectivity index (χ4v) is 5.74. The molecule has 0 spiro atoms. The predicted octanol–water partition coefficient (Wildman–Crippen LogP) is 4.00. The summed E-state index contributed by atoms with van der Waals surface area (Å²) in [5, 5.41) is 19.8.